The van der Waals surface area contributed by atoms with Crippen LogP contribution in [-0.4, -0.2) is 28.6 Å². The molecule has 0 spiro atoms. The molecule has 0 radical (unpaired) electrons. The van der Waals surface area contributed by atoms with Gasteiger partial charge in [0.05, 0.1) is 18.8 Å². The van der Waals surface area contributed by atoms with E-state index >= 15 is 4.39 Å². The quantitative estimate of drug-likeness (QED) is 0.466. The molecule has 4 rings (SSSR count). The second-order valence-corrected chi connectivity index (χ2v) is 8.44. The number of aryl methyl sites for hydroxylation is 3. The number of halogens is 3. The lowest BCUT2D eigenvalue weighted by Crippen LogP contribution is -2.25. The number of hydrogen-bond donors (Lipinski definition) is 0. The Morgan fingerprint density at radius 2 is 1.85 bits per heavy atom. The van der Waals surface area contributed by atoms with Crippen molar-refractivity contribution in [2.24, 2.45) is 0 Å². The van der Waals surface area contributed by atoms with Gasteiger partial charge in [0.15, 0.2) is 11.6 Å². The first kappa shape index (κ1) is 23.0. The van der Waals surface area contributed by atoms with Crippen LogP contribution in [0.15, 0.2) is 42.7 Å². The van der Waals surface area contributed by atoms with Crippen molar-refractivity contribution in [3.8, 4) is 5.88 Å². The van der Waals surface area contributed by atoms with Gasteiger partial charge in [-0.3, -0.25) is 0 Å². The van der Waals surface area contributed by atoms with Gasteiger partial charge in [-0.2, -0.15) is 0 Å². The lowest BCUT2D eigenvalue weighted by molar-refractivity contribution is 0.0174. The van der Waals surface area contributed by atoms with Gasteiger partial charge >= 0.3 is 0 Å². The molecule has 0 N–H and O–H groups in total. The Bertz CT molecular complexity index is 1120. The van der Waals surface area contributed by atoms with Crippen molar-refractivity contribution in [3.05, 3.63) is 76.6 Å². The van der Waals surface area contributed by atoms with Crippen molar-refractivity contribution in [3.63, 3.8) is 0 Å². The molecule has 174 valence electrons. The summed E-state index contributed by atoms with van der Waals surface area (Å²) in [4.78, 5) is 14.7. The van der Waals surface area contributed by atoms with Gasteiger partial charge in [-0.05, 0) is 44.2 Å². The summed E-state index contributed by atoms with van der Waals surface area (Å²) in [5, 5.41) is 0. The smallest absolute Gasteiger partial charge is 0.270 e. The highest BCUT2D eigenvalue weighted by molar-refractivity contribution is 5.46. The highest BCUT2D eigenvalue weighted by Crippen LogP contribution is 2.38. The molecule has 3 aromatic rings. The van der Waals surface area contributed by atoms with E-state index in [-0.39, 0.29) is 17.4 Å². The average molecular weight is 457 g/mol. The monoisotopic (exact) mass is 456 g/mol. The van der Waals surface area contributed by atoms with Crippen LogP contribution in [0.4, 0.5) is 19.0 Å². The summed E-state index contributed by atoms with van der Waals surface area (Å²) >= 11 is 0. The fourth-order valence-corrected chi connectivity index (χ4v) is 4.32. The minimum absolute atomic E-state index is 0.0349. The Hall–Kier alpha value is -3.16. The van der Waals surface area contributed by atoms with Crippen molar-refractivity contribution in [2.75, 3.05) is 18.6 Å². The number of hydrogen-bond acceptors (Lipinski definition) is 5. The molecule has 8 heteroatoms. The Morgan fingerprint density at radius 1 is 1.09 bits per heavy atom. The molecule has 0 bridgehead atoms. The molecular formula is C25H27F3N4O. The zero-order chi connectivity index (χ0) is 23.6. The van der Waals surface area contributed by atoms with E-state index in [0.29, 0.717) is 31.0 Å². The minimum atomic E-state index is -2.89. The molecule has 0 saturated carbocycles. The molecule has 1 aliphatic heterocycles. The summed E-state index contributed by atoms with van der Waals surface area (Å²) in [5.74, 6) is -2.55. The standard InChI is InChI=1S/C25H27F3N4O/c1-16-6-7-18(24(31-16)33-3)10-13-20-22(26)23(30-15-29-20)32-14-4-5-21(32)17-8-11-19(12-9-17)25(2,27)28/h6-9,11-12,15,21H,4-5,10,13-14H2,1-3H3. The number of rotatable bonds is 7. The van der Waals surface area contributed by atoms with Crippen LogP contribution < -0.4 is 9.64 Å². The van der Waals surface area contributed by atoms with E-state index in [2.05, 4.69) is 15.0 Å². The molecule has 1 unspecified atom stereocenters. The SMILES string of the molecule is COc1nc(C)ccc1CCc1ncnc(N2CCCC2c2ccc(C(C)(F)F)cc2)c1F. The molecule has 0 aliphatic carbocycles. The molecule has 1 aliphatic rings. The maximum Gasteiger partial charge on any atom is 0.270 e. The molecule has 2 aromatic heterocycles. The zero-order valence-electron chi connectivity index (χ0n) is 19.0. The van der Waals surface area contributed by atoms with Gasteiger partial charge in [0.1, 0.15) is 6.33 Å². The average Bonchev–Trinajstić information content (AvgIpc) is 3.28. The van der Waals surface area contributed by atoms with Crippen LogP contribution in [0.25, 0.3) is 0 Å². The molecule has 33 heavy (non-hydrogen) atoms. The molecule has 0 amide bonds. The predicted octanol–water partition coefficient (Wildman–Crippen LogP) is 5.57. The second kappa shape index (κ2) is 9.37. The van der Waals surface area contributed by atoms with E-state index in [1.54, 1.807) is 19.2 Å². The maximum absolute atomic E-state index is 15.5. The highest BCUT2D eigenvalue weighted by Gasteiger charge is 2.31. The Balaban J connectivity index is 1.55. The molecular weight excluding hydrogens is 429 g/mol. The largest absolute Gasteiger partial charge is 0.481 e. The summed E-state index contributed by atoms with van der Waals surface area (Å²) in [6, 6.07) is 9.99. The summed E-state index contributed by atoms with van der Waals surface area (Å²) in [6.07, 6.45) is 3.95. The molecule has 5 nitrogen and oxygen atoms in total. The van der Waals surface area contributed by atoms with Gasteiger partial charge in [-0.25, -0.2) is 28.1 Å². The van der Waals surface area contributed by atoms with Gasteiger partial charge in [0, 0.05) is 30.3 Å². The van der Waals surface area contributed by atoms with Crippen LogP contribution in [-0.2, 0) is 18.8 Å². The number of methoxy groups -OCH3 is 1. The Morgan fingerprint density at radius 3 is 2.55 bits per heavy atom. The lowest BCUT2D eigenvalue weighted by Gasteiger charge is -2.27. The minimum Gasteiger partial charge on any atom is -0.481 e. The molecule has 1 aromatic carbocycles. The van der Waals surface area contributed by atoms with Gasteiger partial charge in [-0.15, -0.1) is 0 Å². The predicted molar refractivity (Wildman–Crippen MR) is 120 cm³/mol. The number of ether oxygens (including phenoxy) is 1. The van der Waals surface area contributed by atoms with Crippen LogP contribution >= 0.6 is 0 Å². The van der Waals surface area contributed by atoms with Gasteiger partial charge in [0.2, 0.25) is 5.88 Å². The zero-order valence-corrected chi connectivity index (χ0v) is 19.0. The Labute approximate surface area is 191 Å². The summed E-state index contributed by atoms with van der Waals surface area (Å²) in [5.41, 5.74) is 2.90. The van der Waals surface area contributed by atoms with Gasteiger partial charge in [0.25, 0.3) is 5.92 Å². The first-order valence-electron chi connectivity index (χ1n) is 11.0. The van der Waals surface area contributed by atoms with Crippen molar-refractivity contribution in [1.82, 2.24) is 15.0 Å². The number of pyridine rings is 1. The first-order chi connectivity index (χ1) is 15.8. The fourth-order valence-electron chi connectivity index (χ4n) is 4.32. The van der Waals surface area contributed by atoms with E-state index in [1.807, 2.05) is 24.0 Å². The molecule has 1 fully saturated rings. The fraction of sp³-hybridized carbons (Fsp3) is 0.400. The summed E-state index contributed by atoms with van der Waals surface area (Å²) in [6.45, 7) is 3.40. The lowest BCUT2D eigenvalue weighted by atomic mass is 10.0. The van der Waals surface area contributed by atoms with Crippen molar-refractivity contribution in [1.29, 1.82) is 0 Å². The van der Waals surface area contributed by atoms with Crippen molar-refractivity contribution < 1.29 is 17.9 Å². The van der Waals surface area contributed by atoms with E-state index in [4.69, 9.17) is 4.74 Å². The number of alkyl halides is 2. The third-order valence-electron chi connectivity index (χ3n) is 6.07. The summed E-state index contributed by atoms with van der Waals surface area (Å²) < 4.78 is 48.0. The van der Waals surface area contributed by atoms with Crippen LogP contribution in [0, 0.1) is 12.7 Å². The second-order valence-electron chi connectivity index (χ2n) is 8.44. The van der Waals surface area contributed by atoms with E-state index in [1.165, 1.54) is 18.5 Å². The third-order valence-corrected chi connectivity index (χ3v) is 6.07. The van der Waals surface area contributed by atoms with Crippen molar-refractivity contribution in [2.45, 2.75) is 51.5 Å². The third kappa shape index (κ3) is 4.94. The first-order valence-corrected chi connectivity index (χ1v) is 11.0. The van der Waals surface area contributed by atoms with Crippen LogP contribution in [0.2, 0.25) is 0 Å². The van der Waals surface area contributed by atoms with Gasteiger partial charge < -0.3 is 9.64 Å². The van der Waals surface area contributed by atoms with E-state index in [9.17, 15) is 8.78 Å². The number of nitrogens with zero attached hydrogens (tertiary/aromatic N) is 4. The van der Waals surface area contributed by atoms with Gasteiger partial charge in [-0.1, -0.05) is 30.3 Å². The highest BCUT2D eigenvalue weighted by atomic mass is 19.3. The molecule has 3 heterocycles. The number of aromatic nitrogens is 3. The van der Waals surface area contributed by atoms with Crippen LogP contribution in [0.3, 0.4) is 0 Å². The number of benzene rings is 1. The summed E-state index contributed by atoms with van der Waals surface area (Å²) in [7, 11) is 1.57. The Kier molecular flexibility index (Phi) is 6.54. The maximum atomic E-state index is 15.5. The number of anilines is 1. The molecule has 1 atom stereocenters. The van der Waals surface area contributed by atoms with Crippen molar-refractivity contribution >= 4 is 5.82 Å². The topological polar surface area (TPSA) is 51.1 Å². The normalized spacial score (nSPS) is 16.3. The van der Waals surface area contributed by atoms with E-state index < -0.39 is 11.7 Å². The molecule has 1 saturated heterocycles. The van der Waals surface area contributed by atoms with Crippen LogP contribution in [0.5, 0.6) is 5.88 Å². The van der Waals surface area contributed by atoms with E-state index in [0.717, 1.165) is 36.6 Å². The van der Waals surface area contributed by atoms with Crippen LogP contribution in [0.1, 0.15) is 53.9 Å².